The van der Waals surface area contributed by atoms with Crippen LogP contribution < -0.4 is 10.7 Å². The third kappa shape index (κ3) is 4.06. The summed E-state index contributed by atoms with van der Waals surface area (Å²) in [5.74, 6) is -0.132. The van der Waals surface area contributed by atoms with Crippen LogP contribution in [0.5, 0.6) is 0 Å². The number of hydrogen-bond donors (Lipinski definition) is 2. The van der Waals surface area contributed by atoms with Gasteiger partial charge in [0.2, 0.25) is 11.8 Å². The van der Waals surface area contributed by atoms with Gasteiger partial charge in [0.05, 0.1) is 5.71 Å². The Kier molecular flexibility index (Phi) is 4.07. The van der Waals surface area contributed by atoms with Crippen molar-refractivity contribution in [1.82, 2.24) is 5.43 Å². The molecule has 1 aliphatic rings. The van der Waals surface area contributed by atoms with E-state index in [4.69, 9.17) is 0 Å². The molecule has 2 rings (SSSR count). The second kappa shape index (κ2) is 5.95. The minimum atomic E-state index is -0.0874. The molecule has 1 heterocycles. The van der Waals surface area contributed by atoms with Crippen molar-refractivity contribution < 1.29 is 9.59 Å². The zero-order valence-corrected chi connectivity index (χ0v) is 10.6. The molecule has 2 N–H and O–H groups in total. The molecule has 1 aliphatic heterocycles. The SMILES string of the molecule is CC(=O)Nc1ccc(C=CC2=NNC(=O)CC2)cc1. The van der Waals surface area contributed by atoms with Gasteiger partial charge in [-0.2, -0.15) is 5.10 Å². The average molecular weight is 257 g/mol. The molecule has 0 unspecified atom stereocenters. The summed E-state index contributed by atoms with van der Waals surface area (Å²) >= 11 is 0. The number of rotatable bonds is 3. The maximum absolute atomic E-state index is 10.9. The van der Waals surface area contributed by atoms with Crippen LogP contribution in [0.2, 0.25) is 0 Å². The predicted octanol–water partition coefficient (Wildman–Crippen LogP) is 1.92. The van der Waals surface area contributed by atoms with Gasteiger partial charge in [-0.1, -0.05) is 18.2 Å². The van der Waals surface area contributed by atoms with Gasteiger partial charge in [0, 0.05) is 25.5 Å². The lowest BCUT2D eigenvalue weighted by atomic mass is 10.1. The van der Waals surface area contributed by atoms with Crippen molar-refractivity contribution >= 4 is 29.3 Å². The van der Waals surface area contributed by atoms with Crippen molar-refractivity contribution in [2.75, 3.05) is 5.32 Å². The molecule has 0 saturated heterocycles. The molecule has 0 bridgehead atoms. The molecule has 0 spiro atoms. The molecule has 0 fully saturated rings. The van der Waals surface area contributed by atoms with E-state index in [1.807, 2.05) is 36.4 Å². The lowest BCUT2D eigenvalue weighted by molar-refractivity contribution is -0.121. The fourth-order valence-electron chi connectivity index (χ4n) is 1.68. The Bertz CT molecular complexity index is 544. The molecule has 0 radical (unpaired) electrons. The first-order valence-electron chi connectivity index (χ1n) is 6.04. The van der Waals surface area contributed by atoms with E-state index in [0.29, 0.717) is 12.8 Å². The van der Waals surface area contributed by atoms with Crippen molar-refractivity contribution in [2.24, 2.45) is 5.10 Å². The number of carbonyl (C=O) groups is 2. The molecule has 0 atom stereocenters. The smallest absolute Gasteiger partial charge is 0.240 e. The number of nitrogens with one attached hydrogen (secondary N) is 2. The lowest BCUT2D eigenvalue weighted by Crippen LogP contribution is -2.24. The molecule has 0 aromatic heterocycles. The van der Waals surface area contributed by atoms with Crippen molar-refractivity contribution in [1.29, 1.82) is 0 Å². The summed E-state index contributed by atoms with van der Waals surface area (Å²) in [6.45, 7) is 1.48. The van der Waals surface area contributed by atoms with Crippen molar-refractivity contribution in [3.63, 3.8) is 0 Å². The van der Waals surface area contributed by atoms with Crippen LogP contribution in [0.4, 0.5) is 5.69 Å². The number of benzene rings is 1. The first-order valence-corrected chi connectivity index (χ1v) is 6.04. The Morgan fingerprint density at radius 2 is 2.00 bits per heavy atom. The highest BCUT2D eigenvalue weighted by Gasteiger charge is 2.08. The first-order chi connectivity index (χ1) is 9.13. The van der Waals surface area contributed by atoms with Gasteiger partial charge in [-0.25, -0.2) is 5.43 Å². The Balaban J connectivity index is 1.99. The molecule has 1 aromatic rings. The quantitative estimate of drug-likeness (QED) is 0.868. The summed E-state index contributed by atoms with van der Waals surface area (Å²) in [5, 5.41) is 6.66. The van der Waals surface area contributed by atoms with Gasteiger partial charge in [-0.15, -0.1) is 0 Å². The van der Waals surface area contributed by atoms with Gasteiger partial charge in [-0.05, 0) is 23.8 Å². The minimum Gasteiger partial charge on any atom is -0.326 e. The van der Waals surface area contributed by atoms with E-state index in [-0.39, 0.29) is 11.8 Å². The second-order valence-corrected chi connectivity index (χ2v) is 4.27. The fraction of sp³-hybridized carbons (Fsp3) is 0.214. The van der Waals surface area contributed by atoms with Crippen LogP contribution >= 0.6 is 0 Å². The highest BCUT2D eigenvalue weighted by molar-refractivity contribution is 6.02. The van der Waals surface area contributed by atoms with Crippen LogP contribution in [-0.4, -0.2) is 17.5 Å². The van der Waals surface area contributed by atoms with E-state index in [9.17, 15) is 9.59 Å². The number of allylic oxidation sites excluding steroid dienone is 1. The zero-order chi connectivity index (χ0) is 13.7. The van der Waals surface area contributed by atoms with Gasteiger partial charge < -0.3 is 5.32 Å². The standard InChI is InChI=1S/C14H15N3O2/c1-10(18)15-12-5-2-11(3-6-12)4-7-13-8-9-14(19)17-16-13/h2-7H,8-9H2,1H3,(H,15,18)(H,17,19). The third-order valence-corrected chi connectivity index (χ3v) is 2.63. The van der Waals surface area contributed by atoms with Gasteiger partial charge in [0.15, 0.2) is 0 Å². The molecule has 2 amide bonds. The highest BCUT2D eigenvalue weighted by Crippen LogP contribution is 2.11. The van der Waals surface area contributed by atoms with Crippen LogP contribution in [-0.2, 0) is 9.59 Å². The van der Waals surface area contributed by atoms with E-state index in [1.54, 1.807) is 0 Å². The van der Waals surface area contributed by atoms with Gasteiger partial charge in [-0.3, -0.25) is 9.59 Å². The maximum Gasteiger partial charge on any atom is 0.240 e. The van der Waals surface area contributed by atoms with E-state index < -0.39 is 0 Å². The highest BCUT2D eigenvalue weighted by atomic mass is 16.2. The summed E-state index contributed by atoms with van der Waals surface area (Å²) in [7, 11) is 0. The number of hydrazone groups is 1. The Labute approximate surface area is 111 Å². The van der Waals surface area contributed by atoms with Crippen LogP contribution in [0.15, 0.2) is 35.4 Å². The van der Waals surface area contributed by atoms with Crippen LogP contribution in [0.25, 0.3) is 6.08 Å². The molecule has 5 nitrogen and oxygen atoms in total. The molecule has 1 aromatic carbocycles. The van der Waals surface area contributed by atoms with Gasteiger partial charge in [0.25, 0.3) is 0 Å². The van der Waals surface area contributed by atoms with Crippen molar-refractivity contribution in [3.8, 4) is 0 Å². The lowest BCUT2D eigenvalue weighted by Gasteiger charge is -2.08. The summed E-state index contributed by atoms with van der Waals surface area (Å²) < 4.78 is 0. The molecular formula is C14H15N3O2. The van der Waals surface area contributed by atoms with Crippen molar-refractivity contribution in [2.45, 2.75) is 19.8 Å². The molecular weight excluding hydrogens is 242 g/mol. The molecule has 5 heteroatoms. The van der Waals surface area contributed by atoms with Gasteiger partial charge in [0.1, 0.15) is 0 Å². The normalized spacial score (nSPS) is 15.0. The van der Waals surface area contributed by atoms with Gasteiger partial charge >= 0.3 is 0 Å². The Morgan fingerprint density at radius 1 is 1.26 bits per heavy atom. The summed E-state index contributed by atoms with van der Waals surface area (Å²) in [6.07, 6.45) is 4.94. The van der Waals surface area contributed by atoms with Crippen LogP contribution in [0.1, 0.15) is 25.3 Å². The molecule has 98 valence electrons. The number of anilines is 1. The minimum absolute atomic E-state index is 0.0446. The predicted molar refractivity (Wildman–Crippen MR) is 74.6 cm³/mol. The Morgan fingerprint density at radius 3 is 2.58 bits per heavy atom. The second-order valence-electron chi connectivity index (χ2n) is 4.27. The van der Waals surface area contributed by atoms with E-state index in [1.165, 1.54) is 6.92 Å². The first kappa shape index (κ1) is 13.0. The average Bonchev–Trinajstić information content (AvgIpc) is 2.39. The number of hydrogen-bond acceptors (Lipinski definition) is 3. The monoisotopic (exact) mass is 257 g/mol. The topological polar surface area (TPSA) is 70.6 Å². The van der Waals surface area contributed by atoms with E-state index >= 15 is 0 Å². The van der Waals surface area contributed by atoms with Crippen LogP contribution in [0, 0.1) is 0 Å². The van der Waals surface area contributed by atoms with Crippen LogP contribution in [0.3, 0.4) is 0 Å². The number of carbonyl (C=O) groups excluding carboxylic acids is 2. The van der Waals surface area contributed by atoms with E-state index in [0.717, 1.165) is 17.0 Å². The summed E-state index contributed by atoms with van der Waals surface area (Å²) in [5.41, 5.74) is 5.08. The molecule has 19 heavy (non-hydrogen) atoms. The Hall–Kier alpha value is -2.43. The summed E-state index contributed by atoms with van der Waals surface area (Å²) in [4.78, 5) is 21.8. The zero-order valence-electron chi connectivity index (χ0n) is 10.6. The fourth-order valence-corrected chi connectivity index (χ4v) is 1.68. The maximum atomic E-state index is 10.9. The molecule has 0 saturated carbocycles. The largest absolute Gasteiger partial charge is 0.326 e. The summed E-state index contributed by atoms with van der Waals surface area (Å²) in [6, 6.07) is 7.49. The number of amides is 2. The number of nitrogens with zero attached hydrogens (tertiary/aromatic N) is 1. The molecule has 0 aliphatic carbocycles. The van der Waals surface area contributed by atoms with E-state index in [2.05, 4.69) is 15.8 Å². The van der Waals surface area contributed by atoms with Crippen molar-refractivity contribution in [3.05, 3.63) is 35.9 Å². The third-order valence-electron chi connectivity index (χ3n) is 2.63.